The van der Waals surface area contributed by atoms with Crippen LogP contribution in [0, 0.1) is 0 Å². The fourth-order valence-corrected chi connectivity index (χ4v) is 2.28. The van der Waals surface area contributed by atoms with Gasteiger partial charge >= 0.3 is 5.97 Å². The first-order valence-electron chi connectivity index (χ1n) is 7.27. The second kappa shape index (κ2) is 6.79. The number of carbonyl (C=O) groups excluding carboxylic acids is 1. The summed E-state index contributed by atoms with van der Waals surface area (Å²) in [6.07, 6.45) is 8.49. The van der Waals surface area contributed by atoms with Crippen LogP contribution in [0.4, 0.5) is 0 Å². The highest BCUT2D eigenvalue weighted by Crippen LogP contribution is 2.28. The van der Waals surface area contributed by atoms with Gasteiger partial charge < -0.3 is 4.74 Å². The lowest BCUT2D eigenvalue weighted by molar-refractivity contribution is 0.0520. The van der Waals surface area contributed by atoms with Crippen molar-refractivity contribution in [2.24, 2.45) is 0 Å². The van der Waals surface area contributed by atoms with Gasteiger partial charge in [-0.2, -0.15) is 0 Å². The first-order valence-corrected chi connectivity index (χ1v) is 7.27. The van der Waals surface area contributed by atoms with Crippen LogP contribution in [0.3, 0.4) is 0 Å². The van der Waals surface area contributed by atoms with Gasteiger partial charge in [0.25, 0.3) is 0 Å². The van der Waals surface area contributed by atoms with Gasteiger partial charge in [-0.05, 0) is 48.4 Å². The van der Waals surface area contributed by atoms with Crippen molar-refractivity contribution >= 4 is 5.97 Å². The zero-order valence-corrected chi connectivity index (χ0v) is 12.6. The van der Waals surface area contributed by atoms with E-state index in [4.69, 9.17) is 4.74 Å². The van der Waals surface area contributed by atoms with E-state index in [0.717, 1.165) is 22.3 Å². The van der Waals surface area contributed by atoms with E-state index in [1.807, 2.05) is 30.3 Å². The predicted octanol–water partition coefficient (Wildman–Crippen LogP) is 3.38. The van der Waals surface area contributed by atoms with Crippen molar-refractivity contribution in [3.8, 4) is 22.3 Å². The molecule has 0 N–H and O–H groups in total. The average Bonchev–Trinajstić information content (AvgIpc) is 2.63. The highest BCUT2D eigenvalue weighted by atomic mass is 16.5. The van der Waals surface area contributed by atoms with Gasteiger partial charge in [0.15, 0.2) is 5.69 Å². The number of carbonyl (C=O) groups is 1. The molecule has 0 aliphatic rings. The number of hydrogen-bond acceptors (Lipinski definition) is 5. The highest BCUT2D eigenvalue weighted by Gasteiger charge is 2.17. The number of aromatic nitrogens is 3. The van der Waals surface area contributed by atoms with Crippen LogP contribution in [0.5, 0.6) is 0 Å². The quantitative estimate of drug-likeness (QED) is 0.691. The molecule has 0 aliphatic carbocycles. The Labute approximate surface area is 134 Å². The third-order valence-electron chi connectivity index (χ3n) is 3.36. The summed E-state index contributed by atoms with van der Waals surface area (Å²) >= 11 is 0. The standard InChI is InChI=1S/C18H15N3O2/c1-2-23-18(22)17-16(14-5-9-20-10-6-14)11-15(12-21-17)13-3-7-19-8-4-13/h3-12H,2H2,1H3. The minimum Gasteiger partial charge on any atom is -0.461 e. The molecule has 0 unspecified atom stereocenters. The molecule has 114 valence electrons. The van der Waals surface area contributed by atoms with E-state index in [2.05, 4.69) is 15.0 Å². The number of pyridine rings is 3. The number of esters is 1. The topological polar surface area (TPSA) is 65.0 Å². The van der Waals surface area contributed by atoms with Crippen molar-refractivity contribution in [1.82, 2.24) is 15.0 Å². The van der Waals surface area contributed by atoms with E-state index in [9.17, 15) is 4.79 Å². The minimum absolute atomic E-state index is 0.302. The van der Waals surface area contributed by atoms with Gasteiger partial charge in [0.2, 0.25) is 0 Å². The van der Waals surface area contributed by atoms with E-state index in [1.165, 1.54) is 0 Å². The van der Waals surface area contributed by atoms with Gasteiger partial charge in [-0.15, -0.1) is 0 Å². The van der Waals surface area contributed by atoms with Crippen LogP contribution in [-0.4, -0.2) is 27.5 Å². The predicted molar refractivity (Wildman–Crippen MR) is 86.7 cm³/mol. The van der Waals surface area contributed by atoms with Crippen LogP contribution in [0.25, 0.3) is 22.3 Å². The Kier molecular flexibility index (Phi) is 4.38. The lowest BCUT2D eigenvalue weighted by atomic mass is 10.0. The molecule has 0 aromatic carbocycles. The molecular formula is C18H15N3O2. The third-order valence-corrected chi connectivity index (χ3v) is 3.36. The Morgan fingerprint density at radius 1 is 0.957 bits per heavy atom. The average molecular weight is 305 g/mol. The van der Waals surface area contributed by atoms with Gasteiger partial charge in [0, 0.05) is 42.1 Å². The zero-order chi connectivity index (χ0) is 16.1. The van der Waals surface area contributed by atoms with Crippen molar-refractivity contribution in [3.05, 3.63) is 67.0 Å². The summed E-state index contributed by atoms with van der Waals surface area (Å²) in [7, 11) is 0. The molecule has 0 amide bonds. The van der Waals surface area contributed by atoms with Crippen LogP contribution < -0.4 is 0 Å². The Balaban J connectivity index is 2.13. The summed E-state index contributed by atoms with van der Waals surface area (Å²) < 4.78 is 5.11. The molecule has 0 atom stereocenters. The largest absolute Gasteiger partial charge is 0.461 e. The summed E-state index contributed by atoms with van der Waals surface area (Å²) in [4.78, 5) is 24.5. The monoisotopic (exact) mass is 305 g/mol. The van der Waals surface area contributed by atoms with Crippen LogP contribution in [-0.2, 0) is 4.74 Å². The Morgan fingerprint density at radius 3 is 2.17 bits per heavy atom. The van der Waals surface area contributed by atoms with Crippen molar-refractivity contribution in [1.29, 1.82) is 0 Å². The molecule has 3 aromatic heterocycles. The molecule has 0 saturated carbocycles. The van der Waals surface area contributed by atoms with Crippen LogP contribution in [0.1, 0.15) is 17.4 Å². The molecule has 3 aromatic rings. The molecule has 5 heteroatoms. The van der Waals surface area contributed by atoms with Gasteiger partial charge in [-0.3, -0.25) is 9.97 Å². The molecule has 0 fully saturated rings. The van der Waals surface area contributed by atoms with Gasteiger partial charge in [-0.25, -0.2) is 9.78 Å². The zero-order valence-electron chi connectivity index (χ0n) is 12.6. The van der Waals surface area contributed by atoms with E-state index >= 15 is 0 Å². The van der Waals surface area contributed by atoms with Gasteiger partial charge in [0.05, 0.1) is 6.61 Å². The first-order chi connectivity index (χ1) is 11.3. The molecule has 0 bridgehead atoms. The fourth-order valence-electron chi connectivity index (χ4n) is 2.28. The lowest BCUT2D eigenvalue weighted by Gasteiger charge is -2.10. The maximum atomic E-state index is 12.2. The van der Waals surface area contributed by atoms with E-state index in [1.54, 1.807) is 37.9 Å². The number of rotatable bonds is 4. The molecule has 3 heterocycles. The maximum Gasteiger partial charge on any atom is 0.357 e. The number of nitrogens with zero attached hydrogens (tertiary/aromatic N) is 3. The Hall–Kier alpha value is -3.08. The summed E-state index contributed by atoms with van der Waals surface area (Å²) in [6, 6.07) is 9.42. The summed E-state index contributed by atoms with van der Waals surface area (Å²) in [5.74, 6) is -0.430. The first kappa shape index (κ1) is 14.8. The summed E-state index contributed by atoms with van der Waals surface area (Å²) in [5, 5.41) is 0. The van der Waals surface area contributed by atoms with Crippen molar-refractivity contribution in [3.63, 3.8) is 0 Å². The van der Waals surface area contributed by atoms with Crippen LogP contribution in [0.2, 0.25) is 0 Å². The fraction of sp³-hybridized carbons (Fsp3) is 0.111. The van der Waals surface area contributed by atoms with Crippen molar-refractivity contribution < 1.29 is 9.53 Å². The summed E-state index contributed by atoms with van der Waals surface area (Å²) in [5.41, 5.74) is 3.79. The smallest absolute Gasteiger partial charge is 0.357 e. The highest BCUT2D eigenvalue weighted by molar-refractivity contribution is 5.96. The molecule has 0 spiro atoms. The second-order valence-corrected chi connectivity index (χ2v) is 4.81. The molecule has 3 rings (SSSR count). The third kappa shape index (κ3) is 3.23. The molecule has 5 nitrogen and oxygen atoms in total. The molecule has 0 saturated heterocycles. The Bertz CT molecular complexity index is 805. The summed E-state index contributed by atoms with van der Waals surface area (Å²) in [6.45, 7) is 2.08. The van der Waals surface area contributed by atoms with E-state index in [0.29, 0.717) is 12.3 Å². The van der Waals surface area contributed by atoms with Crippen LogP contribution in [0.15, 0.2) is 61.3 Å². The number of hydrogen-bond donors (Lipinski definition) is 0. The molecule has 0 radical (unpaired) electrons. The van der Waals surface area contributed by atoms with Gasteiger partial charge in [0.1, 0.15) is 0 Å². The number of ether oxygens (including phenoxy) is 1. The van der Waals surface area contributed by atoms with Crippen molar-refractivity contribution in [2.75, 3.05) is 6.61 Å². The van der Waals surface area contributed by atoms with E-state index in [-0.39, 0.29) is 0 Å². The SMILES string of the molecule is CCOC(=O)c1ncc(-c2ccncc2)cc1-c1ccncc1. The van der Waals surface area contributed by atoms with E-state index < -0.39 is 5.97 Å². The maximum absolute atomic E-state index is 12.2. The molecule has 0 aliphatic heterocycles. The molecule has 23 heavy (non-hydrogen) atoms. The lowest BCUT2D eigenvalue weighted by Crippen LogP contribution is -2.09. The normalized spacial score (nSPS) is 10.3. The van der Waals surface area contributed by atoms with Gasteiger partial charge in [-0.1, -0.05) is 0 Å². The Morgan fingerprint density at radius 2 is 1.57 bits per heavy atom. The van der Waals surface area contributed by atoms with Crippen molar-refractivity contribution in [2.45, 2.75) is 6.92 Å². The molecular weight excluding hydrogens is 290 g/mol. The minimum atomic E-state index is -0.430. The second-order valence-electron chi connectivity index (χ2n) is 4.81. The van der Waals surface area contributed by atoms with Crippen LogP contribution >= 0.6 is 0 Å².